The lowest BCUT2D eigenvalue weighted by Crippen LogP contribution is -2.12. The number of hydrogen-bond acceptors (Lipinski definition) is 3. The fourth-order valence-corrected chi connectivity index (χ4v) is 2.33. The van der Waals surface area contributed by atoms with Crippen LogP contribution in [-0.2, 0) is 0 Å². The molecule has 0 unspecified atom stereocenters. The van der Waals surface area contributed by atoms with Crippen LogP contribution >= 0.6 is 0 Å². The van der Waals surface area contributed by atoms with Crippen LogP contribution in [0.1, 0.15) is 12.5 Å². The lowest BCUT2D eigenvalue weighted by molar-refractivity contribution is 1.08. The summed E-state index contributed by atoms with van der Waals surface area (Å²) in [6, 6.07) is 28.0. The van der Waals surface area contributed by atoms with E-state index in [2.05, 4.69) is 0 Å². The Morgan fingerprint density at radius 1 is 0.739 bits per heavy atom. The number of nitrogens with zero attached hydrogens (tertiary/aromatic N) is 2. The zero-order valence-electron chi connectivity index (χ0n) is 13.1. The molecule has 3 aromatic carbocycles. The first kappa shape index (κ1) is 14.9. The first-order valence-corrected chi connectivity index (χ1v) is 7.55. The van der Waals surface area contributed by atoms with Crippen molar-refractivity contribution >= 4 is 22.8 Å². The molecule has 3 heteroatoms. The number of nitrogen functional groups attached to an aromatic ring is 1. The minimum absolute atomic E-state index is 0.754. The second-order valence-electron chi connectivity index (χ2n) is 5.29. The molecule has 0 aromatic heterocycles. The van der Waals surface area contributed by atoms with Crippen LogP contribution in [0.4, 0.5) is 17.1 Å². The average Bonchev–Trinajstić information content (AvgIpc) is 2.61. The molecule has 114 valence electrons. The van der Waals surface area contributed by atoms with Gasteiger partial charge in [-0.05, 0) is 48.9 Å². The van der Waals surface area contributed by atoms with Crippen LogP contribution < -0.4 is 10.7 Å². The van der Waals surface area contributed by atoms with Gasteiger partial charge in [0.15, 0.2) is 0 Å². The van der Waals surface area contributed by atoms with E-state index in [4.69, 9.17) is 10.8 Å². The van der Waals surface area contributed by atoms with E-state index >= 15 is 0 Å². The van der Waals surface area contributed by atoms with Gasteiger partial charge in [-0.15, -0.1) is 0 Å². The third-order valence-electron chi connectivity index (χ3n) is 3.58. The molecular formula is C20H19N3. The second-order valence-corrected chi connectivity index (χ2v) is 5.29. The number of benzene rings is 3. The van der Waals surface area contributed by atoms with Crippen molar-refractivity contribution in [2.75, 3.05) is 10.7 Å². The van der Waals surface area contributed by atoms with Crippen molar-refractivity contribution in [3.05, 3.63) is 90.5 Å². The molecule has 2 N–H and O–H groups in total. The van der Waals surface area contributed by atoms with Crippen LogP contribution in [0.3, 0.4) is 0 Å². The maximum Gasteiger partial charge on any atom is 0.0655 e. The SMILES string of the molecule is C/C(=N/N(c1ccccc1)c1ccccc1)c1ccc(N)cc1. The summed E-state index contributed by atoms with van der Waals surface area (Å²) in [6.07, 6.45) is 0. The summed E-state index contributed by atoms with van der Waals surface area (Å²) in [6.45, 7) is 2.00. The highest BCUT2D eigenvalue weighted by molar-refractivity contribution is 5.99. The van der Waals surface area contributed by atoms with Crippen LogP contribution in [0, 0.1) is 0 Å². The molecule has 3 rings (SSSR count). The number of hydrogen-bond donors (Lipinski definition) is 1. The van der Waals surface area contributed by atoms with Gasteiger partial charge in [-0.3, -0.25) is 0 Å². The molecule has 0 bridgehead atoms. The summed E-state index contributed by atoms with van der Waals surface area (Å²) in [4.78, 5) is 0. The van der Waals surface area contributed by atoms with Crippen molar-refractivity contribution in [1.29, 1.82) is 0 Å². The molecule has 0 radical (unpaired) electrons. The van der Waals surface area contributed by atoms with Crippen LogP contribution in [0.2, 0.25) is 0 Å². The van der Waals surface area contributed by atoms with E-state index in [1.165, 1.54) is 0 Å². The highest BCUT2D eigenvalue weighted by atomic mass is 15.5. The summed E-state index contributed by atoms with van der Waals surface area (Å²) < 4.78 is 0. The topological polar surface area (TPSA) is 41.6 Å². The number of para-hydroxylation sites is 2. The van der Waals surface area contributed by atoms with Gasteiger partial charge in [-0.2, -0.15) is 5.10 Å². The molecule has 0 saturated carbocycles. The van der Waals surface area contributed by atoms with E-state index in [1.54, 1.807) is 0 Å². The smallest absolute Gasteiger partial charge is 0.0655 e. The lowest BCUT2D eigenvalue weighted by atomic mass is 10.1. The van der Waals surface area contributed by atoms with Gasteiger partial charge in [0.25, 0.3) is 0 Å². The van der Waals surface area contributed by atoms with Crippen molar-refractivity contribution in [3.8, 4) is 0 Å². The normalized spacial score (nSPS) is 11.3. The highest BCUT2D eigenvalue weighted by Crippen LogP contribution is 2.25. The molecule has 0 aliphatic heterocycles. The number of nitrogens with two attached hydrogens (primary N) is 1. The predicted octanol–water partition coefficient (Wildman–Crippen LogP) is 4.83. The van der Waals surface area contributed by atoms with Gasteiger partial charge in [0, 0.05) is 5.69 Å². The summed E-state index contributed by atoms with van der Waals surface area (Å²) in [5.74, 6) is 0. The lowest BCUT2D eigenvalue weighted by Gasteiger charge is -2.20. The Kier molecular flexibility index (Phi) is 4.39. The molecule has 0 spiro atoms. The quantitative estimate of drug-likeness (QED) is 0.426. The fourth-order valence-electron chi connectivity index (χ4n) is 2.33. The Labute approximate surface area is 136 Å². The van der Waals surface area contributed by atoms with Crippen LogP contribution in [0.15, 0.2) is 90.0 Å². The van der Waals surface area contributed by atoms with Gasteiger partial charge in [-0.1, -0.05) is 48.5 Å². The van der Waals surface area contributed by atoms with Gasteiger partial charge < -0.3 is 5.73 Å². The van der Waals surface area contributed by atoms with Crippen LogP contribution in [-0.4, -0.2) is 5.71 Å². The Bertz CT molecular complexity index is 739. The average molecular weight is 301 g/mol. The number of hydrazone groups is 1. The molecule has 0 atom stereocenters. The monoisotopic (exact) mass is 301 g/mol. The van der Waals surface area contributed by atoms with Gasteiger partial charge in [-0.25, -0.2) is 5.01 Å². The van der Waals surface area contributed by atoms with E-state index in [0.717, 1.165) is 28.3 Å². The van der Waals surface area contributed by atoms with Gasteiger partial charge in [0.1, 0.15) is 0 Å². The summed E-state index contributed by atoms with van der Waals surface area (Å²) in [5, 5.41) is 6.78. The molecule has 0 fully saturated rings. The van der Waals surface area contributed by atoms with Crippen molar-refractivity contribution in [1.82, 2.24) is 0 Å². The van der Waals surface area contributed by atoms with Crippen molar-refractivity contribution in [2.24, 2.45) is 5.10 Å². The Balaban J connectivity index is 2.02. The molecule has 3 aromatic rings. The third kappa shape index (κ3) is 3.58. The van der Waals surface area contributed by atoms with E-state index < -0.39 is 0 Å². The fraction of sp³-hybridized carbons (Fsp3) is 0.0500. The minimum Gasteiger partial charge on any atom is -0.399 e. The summed E-state index contributed by atoms with van der Waals surface area (Å²) >= 11 is 0. The second kappa shape index (κ2) is 6.79. The number of anilines is 3. The van der Waals surface area contributed by atoms with Gasteiger partial charge in [0.2, 0.25) is 0 Å². The predicted molar refractivity (Wildman–Crippen MR) is 98.1 cm³/mol. The molecule has 0 aliphatic rings. The Hall–Kier alpha value is -3.07. The van der Waals surface area contributed by atoms with E-state index in [0.29, 0.717) is 0 Å². The molecule has 0 amide bonds. The van der Waals surface area contributed by atoms with Crippen LogP contribution in [0.5, 0.6) is 0 Å². The van der Waals surface area contributed by atoms with Crippen molar-refractivity contribution < 1.29 is 0 Å². The largest absolute Gasteiger partial charge is 0.399 e. The van der Waals surface area contributed by atoms with E-state index in [9.17, 15) is 0 Å². The van der Waals surface area contributed by atoms with Crippen molar-refractivity contribution in [3.63, 3.8) is 0 Å². The van der Waals surface area contributed by atoms with E-state index in [1.807, 2.05) is 96.9 Å². The standard InChI is InChI=1S/C20H19N3/c1-16(17-12-14-18(21)15-13-17)22-23(19-8-4-2-5-9-19)20-10-6-3-7-11-20/h2-15H,21H2,1H3/b22-16-. The van der Waals surface area contributed by atoms with Gasteiger partial charge in [0.05, 0.1) is 17.1 Å². The molecular weight excluding hydrogens is 282 g/mol. The minimum atomic E-state index is 0.754. The first-order chi connectivity index (χ1) is 11.2. The van der Waals surface area contributed by atoms with E-state index in [-0.39, 0.29) is 0 Å². The van der Waals surface area contributed by atoms with Crippen LogP contribution in [0.25, 0.3) is 0 Å². The molecule has 0 heterocycles. The third-order valence-corrected chi connectivity index (χ3v) is 3.58. The molecule has 0 saturated heterocycles. The molecule has 0 aliphatic carbocycles. The Morgan fingerprint density at radius 2 is 1.22 bits per heavy atom. The zero-order chi connectivity index (χ0) is 16.1. The number of rotatable bonds is 4. The highest BCUT2D eigenvalue weighted by Gasteiger charge is 2.08. The maximum atomic E-state index is 5.76. The molecule has 23 heavy (non-hydrogen) atoms. The molecule has 3 nitrogen and oxygen atoms in total. The maximum absolute atomic E-state index is 5.76. The summed E-state index contributed by atoms with van der Waals surface area (Å²) in [5.41, 5.74) is 10.5. The Morgan fingerprint density at radius 3 is 1.70 bits per heavy atom. The zero-order valence-corrected chi connectivity index (χ0v) is 13.1. The first-order valence-electron chi connectivity index (χ1n) is 7.55. The van der Waals surface area contributed by atoms with Gasteiger partial charge >= 0.3 is 0 Å². The summed E-state index contributed by atoms with van der Waals surface area (Å²) in [7, 11) is 0. The van der Waals surface area contributed by atoms with Crippen molar-refractivity contribution in [2.45, 2.75) is 6.92 Å².